The van der Waals surface area contributed by atoms with Gasteiger partial charge in [-0.2, -0.15) is 22.0 Å². The Kier molecular flexibility index (Phi) is 3.59. The summed E-state index contributed by atoms with van der Waals surface area (Å²) in [5.74, 6) is -5.18. The fourth-order valence-electron chi connectivity index (χ4n) is 1.05. The van der Waals surface area contributed by atoms with Gasteiger partial charge >= 0.3 is 12.1 Å². The molecule has 0 fully saturated rings. The van der Waals surface area contributed by atoms with Crippen LogP contribution in [0.4, 0.5) is 22.0 Å². The lowest BCUT2D eigenvalue weighted by atomic mass is 10.0. The maximum absolute atomic E-state index is 12.8. The van der Waals surface area contributed by atoms with Gasteiger partial charge in [0.25, 0.3) is 0 Å². The Labute approximate surface area is 96.0 Å². The first-order valence-corrected chi connectivity index (χ1v) is 4.84. The first-order valence-electron chi connectivity index (χ1n) is 4.05. The summed E-state index contributed by atoms with van der Waals surface area (Å²) in [6.07, 6.45) is -8.72. The number of halogens is 6. The van der Waals surface area contributed by atoms with E-state index in [1.165, 1.54) is 18.2 Å². The van der Waals surface area contributed by atoms with Gasteiger partial charge in [0.2, 0.25) is 0 Å². The summed E-state index contributed by atoms with van der Waals surface area (Å²) in [6, 6.07) is 4.96. The predicted molar refractivity (Wildman–Crippen MR) is 50.1 cm³/mol. The van der Waals surface area contributed by atoms with E-state index in [4.69, 9.17) is 5.11 Å². The minimum Gasteiger partial charge on any atom is -0.382 e. The summed E-state index contributed by atoms with van der Waals surface area (Å²) in [5.41, 5.74) is -0.509. The van der Waals surface area contributed by atoms with Crippen LogP contribution in [0.15, 0.2) is 28.7 Å². The molecule has 1 aromatic carbocycles. The van der Waals surface area contributed by atoms with Crippen molar-refractivity contribution in [1.29, 1.82) is 0 Å². The van der Waals surface area contributed by atoms with Gasteiger partial charge in [0, 0.05) is 10.0 Å². The van der Waals surface area contributed by atoms with Gasteiger partial charge in [0.1, 0.15) is 0 Å². The molecule has 16 heavy (non-hydrogen) atoms. The molecule has 0 saturated carbocycles. The lowest BCUT2D eigenvalue weighted by molar-refractivity contribution is -0.315. The number of aliphatic hydroxyl groups is 1. The highest BCUT2D eigenvalue weighted by atomic mass is 79.9. The molecule has 90 valence electrons. The quantitative estimate of drug-likeness (QED) is 0.826. The van der Waals surface area contributed by atoms with E-state index in [2.05, 4.69) is 15.9 Å². The number of benzene rings is 1. The van der Waals surface area contributed by atoms with Crippen molar-refractivity contribution in [3.05, 3.63) is 34.3 Å². The van der Waals surface area contributed by atoms with Crippen LogP contribution >= 0.6 is 15.9 Å². The molecule has 0 aliphatic heterocycles. The molecule has 0 spiro atoms. The van der Waals surface area contributed by atoms with Crippen molar-refractivity contribution in [2.24, 2.45) is 0 Å². The fraction of sp³-hybridized carbons (Fsp3) is 0.333. The molecule has 0 aliphatic rings. The molecule has 0 saturated heterocycles. The second kappa shape index (κ2) is 4.29. The van der Waals surface area contributed by atoms with E-state index in [9.17, 15) is 22.0 Å². The maximum atomic E-state index is 12.8. The molecular formula is C9H6BrF5O. The summed E-state index contributed by atoms with van der Waals surface area (Å²) < 4.78 is 61.5. The van der Waals surface area contributed by atoms with Gasteiger partial charge in [-0.1, -0.05) is 34.1 Å². The average Bonchev–Trinajstić information content (AvgIpc) is 2.15. The topological polar surface area (TPSA) is 20.2 Å². The Balaban J connectivity index is 3.12. The lowest BCUT2D eigenvalue weighted by Gasteiger charge is -2.25. The SMILES string of the molecule is OC(c1ccccc1Br)C(F)(F)C(F)(F)F. The highest BCUT2D eigenvalue weighted by molar-refractivity contribution is 9.10. The van der Waals surface area contributed by atoms with Gasteiger partial charge in [-0.3, -0.25) is 0 Å². The molecule has 0 heterocycles. The van der Waals surface area contributed by atoms with Crippen LogP contribution in [0.1, 0.15) is 11.7 Å². The van der Waals surface area contributed by atoms with Crippen molar-refractivity contribution >= 4 is 15.9 Å². The second-order valence-corrected chi connectivity index (χ2v) is 3.90. The zero-order valence-corrected chi connectivity index (χ0v) is 9.19. The van der Waals surface area contributed by atoms with Crippen LogP contribution in [0.3, 0.4) is 0 Å². The molecule has 1 nitrogen and oxygen atoms in total. The molecule has 0 aromatic heterocycles. The van der Waals surface area contributed by atoms with Crippen LogP contribution in [0, 0.1) is 0 Å². The van der Waals surface area contributed by atoms with Gasteiger partial charge in [0.15, 0.2) is 6.10 Å². The van der Waals surface area contributed by atoms with Gasteiger partial charge in [0.05, 0.1) is 0 Å². The molecule has 1 unspecified atom stereocenters. The summed E-state index contributed by atoms with van der Waals surface area (Å²) in [4.78, 5) is 0. The molecule has 0 bridgehead atoms. The molecular weight excluding hydrogens is 299 g/mol. The minimum absolute atomic E-state index is 0.00794. The monoisotopic (exact) mass is 304 g/mol. The Morgan fingerprint density at radius 1 is 1.06 bits per heavy atom. The van der Waals surface area contributed by atoms with Crippen LogP contribution < -0.4 is 0 Å². The molecule has 1 N–H and O–H groups in total. The largest absolute Gasteiger partial charge is 0.456 e. The standard InChI is InChI=1S/C9H6BrF5O/c10-6-4-2-1-3-5(6)7(16)8(11,12)9(13,14)15/h1-4,7,16H. The van der Waals surface area contributed by atoms with E-state index >= 15 is 0 Å². The number of rotatable bonds is 2. The lowest BCUT2D eigenvalue weighted by Crippen LogP contribution is -2.42. The van der Waals surface area contributed by atoms with Crippen LogP contribution in [-0.4, -0.2) is 17.2 Å². The highest BCUT2D eigenvalue weighted by Gasteiger charge is 2.62. The molecule has 0 amide bonds. The Morgan fingerprint density at radius 3 is 2.00 bits per heavy atom. The summed E-state index contributed by atoms with van der Waals surface area (Å²) in [6.45, 7) is 0. The number of aliphatic hydroxyl groups excluding tert-OH is 1. The number of hydrogen-bond donors (Lipinski definition) is 1. The summed E-state index contributed by atoms with van der Waals surface area (Å²) >= 11 is 2.80. The third-order valence-corrected chi connectivity index (χ3v) is 2.64. The van der Waals surface area contributed by atoms with Crippen LogP contribution in [-0.2, 0) is 0 Å². The van der Waals surface area contributed by atoms with E-state index in [-0.39, 0.29) is 4.47 Å². The van der Waals surface area contributed by atoms with Crippen molar-refractivity contribution in [3.63, 3.8) is 0 Å². The number of hydrogen-bond acceptors (Lipinski definition) is 1. The van der Waals surface area contributed by atoms with Crippen molar-refractivity contribution in [2.45, 2.75) is 18.2 Å². The van der Waals surface area contributed by atoms with Crippen molar-refractivity contribution in [1.82, 2.24) is 0 Å². The Bertz CT molecular complexity index is 376. The van der Waals surface area contributed by atoms with E-state index < -0.39 is 23.8 Å². The van der Waals surface area contributed by atoms with Gasteiger partial charge in [-0.05, 0) is 6.07 Å². The maximum Gasteiger partial charge on any atom is 0.456 e. The molecule has 1 aromatic rings. The van der Waals surface area contributed by atoms with Crippen molar-refractivity contribution < 1.29 is 27.1 Å². The van der Waals surface area contributed by atoms with Gasteiger partial charge in [-0.15, -0.1) is 0 Å². The third-order valence-electron chi connectivity index (χ3n) is 1.92. The zero-order valence-electron chi connectivity index (χ0n) is 7.60. The smallest absolute Gasteiger partial charge is 0.382 e. The van der Waals surface area contributed by atoms with Crippen molar-refractivity contribution in [3.8, 4) is 0 Å². The molecule has 0 radical (unpaired) electrons. The second-order valence-electron chi connectivity index (χ2n) is 3.04. The van der Waals surface area contributed by atoms with Crippen molar-refractivity contribution in [2.75, 3.05) is 0 Å². The first-order chi connectivity index (χ1) is 7.18. The molecule has 1 rings (SSSR count). The van der Waals surface area contributed by atoms with Crippen LogP contribution in [0.2, 0.25) is 0 Å². The first kappa shape index (κ1) is 13.4. The number of alkyl halides is 5. The van der Waals surface area contributed by atoms with E-state index in [1.807, 2.05) is 0 Å². The van der Waals surface area contributed by atoms with E-state index in [0.717, 1.165) is 6.07 Å². The van der Waals surface area contributed by atoms with E-state index in [0.29, 0.717) is 0 Å². The minimum atomic E-state index is -5.79. The molecule has 7 heteroatoms. The van der Waals surface area contributed by atoms with Crippen LogP contribution in [0.5, 0.6) is 0 Å². The zero-order chi connectivity index (χ0) is 12.6. The summed E-state index contributed by atoms with van der Waals surface area (Å²) in [5, 5.41) is 9.06. The molecule has 0 aliphatic carbocycles. The molecule has 1 atom stereocenters. The van der Waals surface area contributed by atoms with E-state index in [1.54, 1.807) is 0 Å². The fourth-order valence-corrected chi connectivity index (χ4v) is 1.55. The van der Waals surface area contributed by atoms with Gasteiger partial charge < -0.3 is 5.11 Å². The average molecular weight is 305 g/mol. The Morgan fingerprint density at radius 2 is 1.56 bits per heavy atom. The third kappa shape index (κ3) is 2.35. The highest BCUT2D eigenvalue weighted by Crippen LogP contribution is 2.45. The predicted octanol–water partition coefficient (Wildman–Crippen LogP) is 3.68. The summed E-state index contributed by atoms with van der Waals surface area (Å²) in [7, 11) is 0. The normalized spacial score (nSPS) is 14.9. The van der Waals surface area contributed by atoms with Crippen LogP contribution in [0.25, 0.3) is 0 Å². The Hall–Kier alpha value is -0.690. The van der Waals surface area contributed by atoms with Gasteiger partial charge in [-0.25, -0.2) is 0 Å².